The van der Waals surface area contributed by atoms with Crippen LogP contribution in [0.25, 0.3) is 0 Å². The number of Topliss-reactive ketones (excluding diaryl/α,β-unsaturated/α-hetero) is 1. The summed E-state index contributed by atoms with van der Waals surface area (Å²) in [6.07, 6.45) is 3.59. The molecule has 1 aliphatic carbocycles. The molecule has 0 aromatic heterocycles. The fourth-order valence-electron chi connectivity index (χ4n) is 10.8. The summed E-state index contributed by atoms with van der Waals surface area (Å²) in [4.78, 5) is 90.0. The molecule has 2 saturated heterocycles. The number of aliphatic carboxylic acids is 1. The van der Waals surface area contributed by atoms with Crippen LogP contribution in [0.5, 0.6) is 0 Å². The number of carbonyl (C=O) groups excluding carboxylic acids is 5. The highest BCUT2D eigenvalue weighted by molar-refractivity contribution is 7.91. The van der Waals surface area contributed by atoms with E-state index in [0.29, 0.717) is 51.7 Å². The molecule has 4 rings (SSSR count). The van der Waals surface area contributed by atoms with Crippen molar-refractivity contribution in [3.05, 3.63) is 35.9 Å². The lowest BCUT2D eigenvalue weighted by atomic mass is 9.85. The van der Waals surface area contributed by atoms with Gasteiger partial charge < -0.3 is 39.5 Å². The zero-order valence-electron chi connectivity index (χ0n) is 41.9. The largest absolute Gasteiger partial charge is 0.481 e. The molecule has 4 amide bonds. The number of ketones is 1. The van der Waals surface area contributed by atoms with Crippen molar-refractivity contribution in [2.75, 3.05) is 59.5 Å². The normalized spacial score (nSPS) is 22.6. The number of sulfone groups is 1. The lowest BCUT2D eigenvalue weighted by Crippen LogP contribution is -2.60. The number of carboxylic acid groups (broad SMARTS) is 1. The summed E-state index contributed by atoms with van der Waals surface area (Å²) in [6, 6.07) is 6.51. The minimum Gasteiger partial charge on any atom is -0.481 e. The third-order valence-electron chi connectivity index (χ3n) is 14.9. The van der Waals surface area contributed by atoms with Gasteiger partial charge in [0.2, 0.25) is 23.6 Å². The van der Waals surface area contributed by atoms with Gasteiger partial charge in [0.15, 0.2) is 9.84 Å². The van der Waals surface area contributed by atoms with Crippen LogP contribution >= 0.6 is 0 Å². The number of nitrogens with zero attached hydrogens (tertiary/aromatic N) is 4. The third kappa shape index (κ3) is 14.6. The van der Waals surface area contributed by atoms with E-state index in [0.717, 1.165) is 18.4 Å². The summed E-state index contributed by atoms with van der Waals surface area (Å²) >= 11 is 0. The Morgan fingerprint density at radius 1 is 0.896 bits per heavy atom. The van der Waals surface area contributed by atoms with Gasteiger partial charge in [0.25, 0.3) is 0 Å². The molecular weight excluding hydrogens is 879 g/mol. The van der Waals surface area contributed by atoms with Gasteiger partial charge in [-0.15, -0.1) is 0 Å². The Morgan fingerprint density at radius 3 is 2.18 bits per heavy atom. The Labute approximate surface area is 400 Å². The van der Waals surface area contributed by atoms with Crippen LogP contribution in [-0.4, -0.2) is 170 Å². The number of ether oxygens (including phenoxy) is 2. The quantitative estimate of drug-likeness (QED) is 0.120. The third-order valence-corrected chi connectivity index (χ3v) is 16.7. The van der Waals surface area contributed by atoms with Crippen molar-refractivity contribution in [3.63, 3.8) is 0 Å². The van der Waals surface area contributed by atoms with Gasteiger partial charge >= 0.3 is 5.97 Å². The average Bonchev–Trinajstić information content (AvgIpc) is 4.07. The van der Waals surface area contributed by atoms with Gasteiger partial charge in [0.05, 0.1) is 42.4 Å². The molecule has 11 atom stereocenters. The maximum atomic E-state index is 14.7. The summed E-state index contributed by atoms with van der Waals surface area (Å²) < 4.78 is 36.5. The number of piperidine rings is 1. The molecule has 0 unspecified atom stereocenters. The van der Waals surface area contributed by atoms with Crippen LogP contribution < -0.4 is 5.32 Å². The number of carboxylic acids is 1. The van der Waals surface area contributed by atoms with Gasteiger partial charge in [-0.1, -0.05) is 78.3 Å². The molecule has 0 spiro atoms. The lowest BCUT2D eigenvalue weighted by molar-refractivity contribution is -0.149. The molecule has 2 bridgehead atoms. The van der Waals surface area contributed by atoms with E-state index >= 15 is 0 Å². The number of amides is 4. The minimum atomic E-state index is -3.16. The van der Waals surface area contributed by atoms with Crippen molar-refractivity contribution >= 4 is 45.2 Å². The van der Waals surface area contributed by atoms with Crippen molar-refractivity contribution in [1.29, 1.82) is 0 Å². The van der Waals surface area contributed by atoms with Crippen LogP contribution in [0.1, 0.15) is 111 Å². The highest BCUT2D eigenvalue weighted by atomic mass is 32.2. The van der Waals surface area contributed by atoms with Crippen LogP contribution in [0, 0.1) is 29.6 Å². The highest BCUT2D eigenvalue weighted by Crippen LogP contribution is 2.43. The molecule has 3 aliphatic rings. The maximum absolute atomic E-state index is 14.7. The first-order valence-corrected chi connectivity index (χ1v) is 26.4. The molecule has 16 nitrogen and oxygen atoms in total. The minimum absolute atomic E-state index is 0.0230. The molecular formula is C50H81N5O11S. The Hall–Kier alpha value is -3.93. The van der Waals surface area contributed by atoms with Crippen molar-refractivity contribution < 1.29 is 51.8 Å². The number of carbonyl (C=O) groups is 6. The molecule has 2 N–H and O–H groups in total. The van der Waals surface area contributed by atoms with Crippen LogP contribution in [0.3, 0.4) is 0 Å². The standard InChI is InChI=1S/C50H81N5O11S/c1-11-26-67(63,64)27-25-52(7)24-22-42(57)55-38-21-20-36(29-38)46(55)48(59)51-44(32(3)4)49(60)53(8)45(33(5)12-2)41(65-9)31-43(58)54-23-16-19-39(54)47(66-10)34(6)40(56)30-37(50(61)62)28-35-17-14-13-15-18-35/h13-15,17-18,32-34,36-39,41,44-47H,11-12,16,19-31H2,1-10H3,(H,51,59)(H,61,62)/t33-,34-,36-,37+,38-,39-,41+,44-,45-,46-,47+/m0/s1. The van der Waals surface area contributed by atoms with Crippen LogP contribution in [0.2, 0.25) is 0 Å². The average molecular weight is 960 g/mol. The number of hydrogen-bond donors (Lipinski definition) is 2. The molecule has 0 radical (unpaired) electrons. The zero-order valence-corrected chi connectivity index (χ0v) is 42.7. The van der Waals surface area contributed by atoms with Crippen LogP contribution in [-0.2, 0) is 54.5 Å². The lowest BCUT2D eigenvalue weighted by Gasteiger charge is -2.41. The zero-order chi connectivity index (χ0) is 49.7. The SMILES string of the molecule is CCCS(=O)(=O)CCN(C)CCC(=O)N1[C@H]2CC[C@@H](C2)[C@H]1C(=O)N[C@H](C(=O)N(C)[C@@H]([C@@H](C)CC)[C@@H](CC(=O)N1CCC[C@H]1[C@H](OC)[C@@H](C)C(=O)C[C@@H](Cc1ccccc1)C(=O)O)OC)C(C)C. The number of methoxy groups -OCH3 is 2. The topological polar surface area (TPSA) is 200 Å². The second-order valence-electron chi connectivity index (χ2n) is 19.9. The van der Waals surface area contributed by atoms with E-state index in [1.807, 2.05) is 69.9 Å². The Kier molecular flexibility index (Phi) is 21.3. The number of nitrogens with one attached hydrogen (secondary N) is 1. The van der Waals surface area contributed by atoms with Crippen LogP contribution in [0.15, 0.2) is 30.3 Å². The van der Waals surface area contributed by atoms with E-state index in [4.69, 9.17) is 9.47 Å². The molecule has 1 aromatic rings. The smallest absolute Gasteiger partial charge is 0.307 e. The molecule has 2 heterocycles. The summed E-state index contributed by atoms with van der Waals surface area (Å²) in [6.45, 7) is 12.4. The fourth-order valence-corrected chi connectivity index (χ4v) is 12.2. The van der Waals surface area contributed by atoms with Crippen molar-refractivity contribution in [1.82, 2.24) is 24.9 Å². The number of rotatable bonds is 28. The summed E-state index contributed by atoms with van der Waals surface area (Å²) in [7, 11) is 3.35. The number of benzene rings is 1. The first kappa shape index (κ1) is 55.7. The summed E-state index contributed by atoms with van der Waals surface area (Å²) in [5.74, 6) is -4.25. The Balaban J connectivity index is 1.44. The van der Waals surface area contributed by atoms with Gasteiger partial charge in [0, 0.05) is 71.5 Å². The molecule has 378 valence electrons. The number of fused-ring (bicyclic) bond motifs is 2. The predicted octanol–water partition coefficient (Wildman–Crippen LogP) is 4.48. The van der Waals surface area contributed by atoms with E-state index in [9.17, 15) is 42.3 Å². The maximum Gasteiger partial charge on any atom is 0.307 e. The summed E-state index contributed by atoms with van der Waals surface area (Å²) in [5, 5.41) is 13.1. The van der Waals surface area contributed by atoms with Crippen molar-refractivity contribution in [2.24, 2.45) is 29.6 Å². The van der Waals surface area contributed by atoms with E-state index in [1.165, 1.54) is 14.2 Å². The Morgan fingerprint density at radius 2 is 1.58 bits per heavy atom. The van der Waals surface area contributed by atoms with Gasteiger partial charge in [-0.25, -0.2) is 8.42 Å². The molecule has 3 fully saturated rings. The first-order chi connectivity index (χ1) is 31.7. The molecule has 1 saturated carbocycles. The number of hydrogen-bond acceptors (Lipinski definition) is 11. The summed E-state index contributed by atoms with van der Waals surface area (Å²) in [5.41, 5.74) is 0.829. The molecule has 17 heteroatoms. The van der Waals surface area contributed by atoms with Crippen molar-refractivity contribution in [3.8, 4) is 0 Å². The monoisotopic (exact) mass is 960 g/mol. The fraction of sp³-hybridized carbons (Fsp3) is 0.760. The second-order valence-corrected chi connectivity index (χ2v) is 22.2. The predicted molar refractivity (Wildman–Crippen MR) is 257 cm³/mol. The first-order valence-electron chi connectivity index (χ1n) is 24.6. The molecule has 67 heavy (non-hydrogen) atoms. The Bertz CT molecular complexity index is 1930. The highest BCUT2D eigenvalue weighted by Gasteiger charge is 2.52. The van der Waals surface area contributed by atoms with E-state index in [2.05, 4.69) is 5.32 Å². The van der Waals surface area contributed by atoms with Crippen LogP contribution in [0.4, 0.5) is 0 Å². The molecule has 2 aliphatic heterocycles. The number of likely N-dealkylation sites (N-methyl/N-ethyl adjacent to an activating group) is 1. The van der Waals surface area contributed by atoms with Gasteiger partial charge in [-0.3, -0.25) is 28.8 Å². The van der Waals surface area contributed by atoms with E-state index < -0.39 is 64.0 Å². The van der Waals surface area contributed by atoms with Gasteiger partial charge in [0.1, 0.15) is 17.9 Å². The van der Waals surface area contributed by atoms with E-state index in [1.54, 1.807) is 35.7 Å². The second kappa shape index (κ2) is 25.6. The van der Waals surface area contributed by atoms with Gasteiger partial charge in [-0.2, -0.15) is 0 Å². The number of likely N-dealkylation sites (tertiary alicyclic amines) is 2. The van der Waals surface area contributed by atoms with Crippen molar-refractivity contribution in [2.45, 2.75) is 155 Å². The van der Waals surface area contributed by atoms with E-state index in [-0.39, 0.29) is 90.4 Å². The molecule has 1 aromatic carbocycles. The van der Waals surface area contributed by atoms with Gasteiger partial charge in [-0.05, 0) is 75.3 Å².